The predicted molar refractivity (Wildman–Crippen MR) is 201 cm³/mol. The molecule has 0 N–H and O–H groups in total. The van der Waals surface area contributed by atoms with Crippen molar-refractivity contribution in [3.05, 3.63) is 188 Å². The number of hydrogen-bond donors (Lipinski definition) is 0. The zero-order valence-corrected chi connectivity index (χ0v) is 26.3. The van der Waals surface area contributed by atoms with Crippen molar-refractivity contribution < 1.29 is 0 Å². The van der Waals surface area contributed by atoms with Gasteiger partial charge in [-0.1, -0.05) is 121 Å². The van der Waals surface area contributed by atoms with Crippen molar-refractivity contribution in [2.75, 3.05) is 4.90 Å². The van der Waals surface area contributed by atoms with Gasteiger partial charge in [-0.3, -0.25) is 0 Å². The van der Waals surface area contributed by atoms with Crippen molar-refractivity contribution in [3.8, 4) is 27.9 Å². The minimum atomic E-state index is 1.06. The molecule has 47 heavy (non-hydrogen) atoms. The predicted octanol–water partition coefficient (Wildman–Crippen LogP) is 12.6. The van der Waals surface area contributed by atoms with Crippen LogP contribution in [0.2, 0.25) is 0 Å². The second-order valence-corrected chi connectivity index (χ2v) is 12.0. The SMILES string of the molecule is C=C(C)c1ccc(N(c2ccc(-c3ccccc3)cc2)c2ccc(-c3ccc4c(c3)c3ccccc3n4-c3ccccc3)cc2)cc1. The topological polar surface area (TPSA) is 8.17 Å². The van der Waals surface area contributed by atoms with Crippen LogP contribution in [0.3, 0.4) is 0 Å². The third kappa shape index (κ3) is 5.30. The quantitative estimate of drug-likeness (QED) is 0.176. The van der Waals surface area contributed by atoms with Crippen LogP contribution in [-0.4, -0.2) is 4.57 Å². The number of nitrogens with zero attached hydrogens (tertiary/aromatic N) is 2. The Bertz CT molecular complexity index is 2330. The van der Waals surface area contributed by atoms with Gasteiger partial charge < -0.3 is 9.47 Å². The summed E-state index contributed by atoms with van der Waals surface area (Å²) < 4.78 is 2.36. The number of allylic oxidation sites excluding steroid dienone is 1. The Balaban J connectivity index is 1.18. The lowest BCUT2D eigenvalue weighted by Gasteiger charge is -2.26. The maximum atomic E-state index is 4.13. The van der Waals surface area contributed by atoms with Gasteiger partial charge >= 0.3 is 0 Å². The molecule has 0 atom stereocenters. The molecule has 0 unspecified atom stereocenters. The van der Waals surface area contributed by atoms with Crippen molar-refractivity contribution >= 4 is 44.4 Å². The molecule has 0 bridgehead atoms. The highest BCUT2D eigenvalue weighted by Gasteiger charge is 2.15. The van der Waals surface area contributed by atoms with Crippen LogP contribution < -0.4 is 4.90 Å². The fourth-order valence-corrected chi connectivity index (χ4v) is 6.59. The summed E-state index contributed by atoms with van der Waals surface area (Å²) in [5.41, 5.74) is 13.9. The van der Waals surface area contributed by atoms with E-state index in [1.807, 2.05) is 6.92 Å². The second kappa shape index (κ2) is 12.0. The number of hydrogen-bond acceptors (Lipinski definition) is 1. The molecule has 2 nitrogen and oxygen atoms in total. The van der Waals surface area contributed by atoms with E-state index in [2.05, 4.69) is 192 Å². The molecule has 0 aliphatic carbocycles. The lowest BCUT2D eigenvalue weighted by molar-refractivity contribution is 1.18. The molecule has 0 saturated carbocycles. The Morgan fingerprint density at radius 2 is 0.915 bits per heavy atom. The third-order valence-electron chi connectivity index (χ3n) is 9.00. The van der Waals surface area contributed by atoms with Gasteiger partial charge in [0.1, 0.15) is 0 Å². The molecule has 2 heteroatoms. The maximum absolute atomic E-state index is 4.13. The van der Waals surface area contributed by atoms with E-state index in [1.165, 1.54) is 49.7 Å². The van der Waals surface area contributed by atoms with E-state index in [0.717, 1.165) is 28.2 Å². The molecule has 1 aromatic heterocycles. The Hall–Kier alpha value is -6.12. The van der Waals surface area contributed by atoms with E-state index in [9.17, 15) is 0 Å². The summed E-state index contributed by atoms with van der Waals surface area (Å²) in [6, 6.07) is 63.1. The van der Waals surface area contributed by atoms with E-state index in [-0.39, 0.29) is 0 Å². The molecular formula is C45H34N2. The molecule has 8 rings (SSSR count). The zero-order valence-electron chi connectivity index (χ0n) is 26.3. The lowest BCUT2D eigenvalue weighted by Crippen LogP contribution is -2.09. The average Bonchev–Trinajstić information content (AvgIpc) is 3.47. The summed E-state index contributed by atoms with van der Waals surface area (Å²) in [6.45, 7) is 6.18. The average molecular weight is 603 g/mol. The van der Waals surface area contributed by atoms with Crippen LogP contribution >= 0.6 is 0 Å². The smallest absolute Gasteiger partial charge is 0.0541 e. The fourth-order valence-electron chi connectivity index (χ4n) is 6.59. The number of rotatable bonds is 7. The van der Waals surface area contributed by atoms with Crippen LogP contribution in [-0.2, 0) is 0 Å². The van der Waals surface area contributed by atoms with Gasteiger partial charge in [0.2, 0.25) is 0 Å². The highest BCUT2D eigenvalue weighted by Crippen LogP contribution is 2.39. The molecule has 224 valence electrons. The van der Waals surface area contributed by atoms with Crippen molar-refractivity contribution in [2.24, 2.45) is 0 Å². The van der Waals surface area contributed by atoms with E-state index in [1.54, 1.807) is 0 Å². The Morgan fingerprint density at radius 3 is 1.53 bits per heavy atom. The van der Waals surface area contributed by atoms with Gasteiger partial charge in [0, 0.05) is 33.5 Å². The summed E-state index contributed by atoms with van der Waals surface area (Å²) in [7, 11) is 0. The Morgan fingerprint density at radius 1 is 0.447 bits per heavy atom. The van der Waals surface area contributed by atoms with Crippen LogP contribution in [0.1, 0.15) is 12.5 Å². The fraction of sp³-hybridized carbons (Fsp3) is 0.0222. The van der Waals surface area contributed by atoms with Gasteiger partial charge in [0.15, 0.2) is 0 Å². The van der Waals surface area contributed by atoms with Crippen molar-refractivity contribution in [3.63, 3.8) is 0 Å². The van der Waals surface area contributed by atoms with Crippen LogP contribution in [0.5, 0.6) is 0 Å². The van der Waals surface area contributed by atoms with Crippen molar-refractivity contribution in [1.82, 2.24) is 4.57 Å². The number of para-hydroxylation sites is 2. The van der Waals surface area contributed by atoms with E-state index in [4.69, 9.17) is 0 Å². The summed E-state index contributed by atoms with van der Waals surface area (Å²) in [5, 5.41) is 2.51. The monoisotopic (exact) mass is 602 g/mol. The molecule has 0 spiro atoms. The molecule has 0 radical (unpaired) electrons. The highest BCUT2D eigenvalue weighted by atomic mass is 15.1. The number of benzene rings is 7. The molecule has 7 aromatic carbocycles. The molecule has 0 fully saturated rings. The number of aromatic nitrogens is 1. The minimum Gasteiger partial charge on any atom is -0.311 e. The van der Waals surface area contributed by atoms with Crippen LogP contribution in [0.25, 0.3) is 55.3 Å². The first-order chi connectivity index (χ1) is 23.1. The van der Waals surface area contributed by atoms with Gasteiger partial charge in [0.05, 0.1) is 11.0 Å². The van der Waals surface area contributed by atoms with Gasteiger partial charge in [-0.25, -0.2) is 0 Å². The van der Waals surface area contributed by atoms with Crippen LogP contribution in [0, 0.1) is 0 Å². The molecular weight excluding hydrogens is 569 g/mol. The van der Waals surface area contributed by atoms with Gasteiger partial charge in [0.25, 0.3) is 0 Å². The molecule has 1 heterocycles. The van der Waals surface area contributed by atoms with Gasteiger partial charge in [-0.2, -0.15) is 0 Å². The molecule has 0 aliphatic rings. The summed E-state index contributed by atoms with van der Waals surface area (Å²) in [5.74, 6) is 0. The van der Waals surface area contributed by atoms with Crippen molar-refractivity contribution in [1.29, 1.82) is 0 Å². The van der Waals surface area contributed by atoms with Crippen LogP contribution in [0.4, 0.5) is 17.1 Å². The minimum absolute atomic E-state index is 1.06. The maximum Gasteiger partial charge on any atom is 0.0541 e. The number of fused-ring (bicyclic) bond motifs is 3. The molecule has 0 amide bonds. The summed E-state index contributed by atoms with van der Waals surface area (Å²) in [4.78, 5) is 2.32. The largest absolute Gasteiger partial charge is 0.311 e. The highest BCUT2D eigenvalue weighted by molar-refractivity contribution is 6.10. The Labute approximate surface area is 276 Å². The molecule has 8 aromatic rings. The molecule has 0 saturated heterocycles. The first-order valence-electron chi connectivity index (χ1n) is 16.0. The van der Waals surface area contributed by atoms with Gasteiger partial charge in [-0.15, -0.1) is 0 Å². The molecule has 0 aliphatic heterocycles. The van der Waals surface area contributed by atoms with Crippen molar-refractivity contribution in [2.45, 2.75) is 6.92 Å². The van der Waals surface area contributed by atoms with Gasteiger partial charge in [-0.05, 0) is 101 Å². The second-order valence-electron chi connectivity index (χ2n) is 12.0. The van der Waals surface area contributed by atoms with E-state index in [0.29, 0.717) is 0 Å². The zero-order chi connectivity index (χ0) is 31.7. The van der Waals surface area contributed by atoms with E-state index < -0.39 is 0 Å². The summed E-state index contributed by atoms with van der Waals surface area (Å²) >= 11 is 0. The third-order valence-corrected chi connectivity index (χ3v) is 9.00. The first-order valence-corrected chi connectivity index (χ1v) is 16.0. The standard InChI is InChI=1S/C45H34N2/c1-32(2)33-17-24-39(25-18-33)46(40-26-19-35(20-27-40)34-11-5-3-6-12-34)41-28-21-36(22-29-41)37-23-30-45-43(31-37)42-15-9-10-16-44(42)47(45)38-13-7-4-8-14-38/h3-31H,1H2,2H3. The summed E-state index contributed by atoms with van der Waals surface area (Å²) in [6.07, 6.45) is 0. The lowest BCUT2D eigenvalue weighted by atomic mass is 10.0. The normalized spacial score (nSPS) is 11.2. The van der Waals surface area contributed by atoms with E-state index >= 15 is 0 Å². The number of anilines is 3. The van der Waals surface area contributed by atoms with Crippen LogP contribution in [0.15, 0.2) is 183 Å². The first kappa shape index (κ1) is 28.4. The Kier molecular flexibility index (Phi) is 7.24.